The van der Waals surface area contributed by atoms with Crippen molar-refractivity contribution in [3.05, 3.63) is 51.7 Å². The lowest BCUT2D eigenvalue weighted by Gasteiger charge is -2.36. The number of amides is 5. The third-order valence-electron chi connectivity index (χ3n) is 3.61. The normalized spacial score (nSPS) is 17.2. The maximum atomic E-state index is 12.7. The molecule has 0 fully saturated rings. The van der Waals surface area contributed by atoms with E-state index in [1.165, 1.54) is 37.3 Å². The van der Waals surface area contributed by atoms with Crippen LogP contribution in [0.2, 0.25) is 0 Å². The van der Waals surface area contributed by atoms with Gasteiger partial charge in [-0.25, -0.2) is 24.2 Å². The molecule has 1 aliphatic heterocycles. The quantitative estimate of drug-likeness (QED) is 0.648. The van der Waals surface area contributed by atoms with Gasteiger partial charge in [0.05, 0.1) is 17.1 Å². The van der Waals surface area contributed by atoms with E-state index in [1.807, 2.05) is 0 Å². The summed E-state index contributed by atoms with van der Waals surface area (Å²) in [6.07, 6.45) is 0.0226. The molecule has 0 aromatic heterocycles. The highest BCUT2D eigenvalue weighted by Crippen LogP contribution is 2.32. The molecule has 138 valence electrons. The highest BCUT2D eigenvalue weighted by Gasteiger charge is 2.41. The molecule has 1 atom stereocenters. The topological polar surface area (TPSA) is 136 Å². The molecule has 0 saturated carbocycles. The van der Waals surface area contributed by atoms with E-state index in [0.29, 0.717) is 15.4 Å². The summed E-state index contributed by atoms with van der Waals surface area (Å²) in [6, 6.07) is 2.40. The van der Waals surface area contributed by atoms with E-state index in [-0.39, 0.29) is 11.4 Å². The van der Waals surface area contributed by atoms with Crippen molar-refractivity contribution < 1.29 is 24.0 Å². The number of benzene rings is 1. The van der Waals surface area contributed by atoms with Crippen LogP contribution in [0.4, 0.5) is 20.1 Å². The van der Waals surface area contributed by atoms with Gasteiger partial charge >= 0.3 is 18.2 Å². The Morgan fingerprint density at radius 3 is 2.54 bits per heavy atom. The smallest absolute Gasteiger partial charge is 0.422 e. The summed E-state index contributed by atoms with van der Waals surface area (Å²) >= 11 is 0. The highest BCUT2D eigenvalue weighted by atomic mass is 16.6. The number of carbonyl (C=O) groups excluding carboxylic acids is 3. The first-order valence-corrected chi connectivity index (χ1v) is 7.69. The molecule has 0 saturated heterocycles. The number of rotatable bonds is 3. The summed E-state index contributed by atoms with van der Waals surface area (Å²) in [4.78, 5) is 48.4. The van der Waals surface area contributed by atoms with Crippen molar-refractivity contribution in [1.82, 2.24) is 9.80 Å². The lowest BCUT2D eigenvalue weighted by molar-refractivity contribution is -0.384. The zero-order valence-corrected chi connectivity index (χ0v) is 14.4. The van der Waals surface area contributed by atoms with Crippen LogP contribution < -0.4 is 5.73 Å². The monoisotopic (exact) mass is 362 g/mol. The van der Waals surface area contributed by atoms with Gasteiger partial charge in [0.25, 0.3) is 5.69 Å². The number of non-ortho nitro benzene ring substituents is 1. The van der Waals surface area contributed by atoms with Gasteiger partial charge in [-0.2, -0.15) is 0 Å². The van der Waals surface area contributed by atoms with Crippen molar-refractivity contribution >= 4 is 23.8 Å². The number of urea groups is 2. The standard InChI is InChI=1S/C16H18N4O6/c1-9(2)26-16(23)18-10(3)7-13(19(14(17)21)15(18)22)11-5-4-6-12(8-11)20(24)25/h4-9,13H,1-3H3,(H2,17,21). The van der Waals surface area contributed by atoms with Crippen molar-refractivity contribution in [1.29, 1.82) is 0 Å². The second kappa shape index (κ2) is 7.21. The molecule has 1 unspecified atom stereocenters. The maximum absolute atomic E-state index is 12.7. The number of ether oxygens (including phenoxy) is 1. The molecule has 26 heavy (non-hydrogen) atoms. The van der Waals surface area contributed by atoms with Crippen LogP contribution in [-0.4, -0.2) is 39.0 Å². The Balaban J connectivity index is 2.50. The van der Waals surface area contributed by atoms with Crippen LogP contribution in [0, 0.1) is 10.1 Å². The molecule has 1 aromatic carbocycles. The van der Waals surface area contributed by atoms with Crippen LogP contribution in [-0.2, 0) is 4.74 Å². The van der Waals surface area contributed by atoms with E-state index >= 15 is 0 Å². The minimum absolute atomic E-state index is 0.202. The molecular formula is C16H18N4O6. The van der Waals surface area contributed by atoms with Crippen LogP contribution >= 0.6 is 0 Å². The molecule has 1 heterocycles. The number of hydrogen-bond acceptors (Lipinski definition) is 6. The third kappa shape index (κ3) is 3.63. The molecule has 2 rings (SSSR count). The van der Waals surface area contributed by atoms with Crippen molar-refractivity contribution in [3.8, 4) is 0 Å². The average Bonchev–Trinajstić information content (AvgIpc) is 2.53. The highest BCUT2D eigenvalue weighted by molar-refractivity contribution is 6.02. The molecule has 5 amide bonds. The molecule has 0 radical (unpaired) electrons. The van der Waals surface area contributed by atoms with E-state index in [9.17, 15) is 24.5 Å². The average molecular weight is 362 g/mol. The van der Waals surface area contributed by atoms with Crippen LogP contribution in [0.3, 0.4) is 0 Å². The van der Waals surface area contributed by atoms with Crippen LogP contribution in [0.15, 0.2) is 36.0 Å². The van der Waals surface area contributed by atoms with E-state index in [2.05, 4.69) is 0 Å². The van der Waals surface area contributed by atoms with Crippen molar-refractivity contribution in [2.75, 3.05) is 0 Å². The molecule has 10 heteroatoms. The largest absolute Gasteiger partial charge is 0.446 e. The number of nitro groups is 1. The third-order valence-corrected chi connectivity index (χ3v) is 3.61. The Hall–Kier alpha value is -3.43. The first-order chi connectivity index (χ1) is 12.1. The number of nitro benzene ring substituents is 1. The lowest BCUT2D eigenvalue weighted by atomic mass is 10.0. The van der Waals surface area contributed by atoms with Crippen molar-refractivity contribution in [2.24, 2.45) is 5.73 Å². The van der Waals surface area contributed by atoms with Gasteiger partial charge in [-0.1, -0.05) is 12.1 Å². The number of allylic oxidation sites excluding steroid dienone is 1. The van der Waals surface area contributed by atoms with Gasteiger partial charge in [0, 0.05) is 17.8 Å². The zero-order valence-electron chi connectivity index (χ0n) is 14.4. The van der Waals surface area contributed by atoms with Gasteiger partial charge in [0.1, 0.15) is 0 Å². The number of nitrogens with two attached hydrogens (primary N) is 1. The predicted octanol–water partition coefficient (Wildman–Crippen LogP) is 2.90. The Labute approximate surface area is 148 Å². The fourth-order valence-electron chi connectivity index (χ4n) is 2.53. The fraction of sp³-hybridized carbons (Fsp3) is 0.312. The molecular weight excluding hydrogens is 344 g/mol. The molecule has 10 nitrogen and oxygen atoms in total. The number of primary amides is 1. The van der Waals surface area contributed by atoms with Crippen LogP contribution in [0.1, 0.15) is 32.4 Å². The number of hydrogen-bond donors (Lipinski definition) is 1. The first kappa shape index (κ1) is 18.9. The van der Waals surface area contributed by atoms with Crippen molar-refractivity contribution in [3.63, 3.8) is 0 Å². The number of nitrogens with zero attached hydrogens (tertiary/aromatic N) is 3. The Kier molecular flexibility index (Phi) is 5.24. The molecule has 0 spiro atoms. The van der Waals surface area contributed by atoms with Gasteiger partial charge < -0.3 is 10.5 Å². The Bertz CT molecular complexity index is 804. The van der Waals surface area contributed by atoms with Gasteiger partial charge in [-0.3, -0.25) is 10.1 Å². The van der Waals surface area contributed by atoms with Crippen LogP contribution in [0.25, 0.3) is 0 Å². The zero-order chi connectivity index (χ0) is 19.6. The maximum Gasteiger partial charge on any atom is 0.422 e. The van der Waals surface area contributed by atoms with E-state index in [1.54, 1.807) is 13.8 Å². The second-order valence-electron chi connectivity index (χ2n) is 5.86. The minimum atomic E-state index is -1.10. The van der Waals surface area contributed by atoms with Gasteiger partial charge in [0.15, 0.2) is 0 Å². The molecule has 2 N–H and O–H groups in total. The van der Waals surface area contributed by atoms with Crippen LogP contribution in [0.5, 0.6) is 0 Å². The molecule has 1 aromatic rings. The Morgan fingerprint density at radius 1 is 1.35 bits per heavy atom. The van der Waals surface area contributed by atoms with E-state index in [0.717, 1.165) is 0 Å². The first-order valence-electron chi connectivity index (χ1n) is 7.69. The second-order valence-corrected chi connectivity index (χ2v) is 5.86. The number of imide groups is 2. The minimum Gasteiger partial charge on any atom is -0.446 e. The molecule has 0 aliphatic carbocycles. The molecule has 0 bridgehead atoms. The predicted molar refractivity (Wildman–Crippen MR) is 89.9 cm³/mol. The van der Waals surface area contributed by atoms with Crippen molar-refractivity contribution in [2.45, 2.75) is 32.9 Å². The van der Waals surface area contributed by atoms with Gasteiger partial charge in [-0.15, -0.1) is 0 Å². The summed E-state index contributed by atoms with van der Waals surface area (Å²) in [5.41, 5.74) is 5.64. The van der Waals surface area contributed by atoms with E-state index < -0.39 is 35.2 Å². The summed E-state index contributed by atoms with van der Waals surface area (Å²) < 4.78 is 5.01. The summed E-state index contributed by atoms with van der Waals surface area (Å²) in [6.45, 7) is 4.72. The summed E-state index contributed by atoms with van der Waals surface area (Å²) in [7, 11) is 0. The van der Waals surface area contributed by atoms with E-state index in [4.69, 9.17) is 10.5 Å². The number of carbonyl (C=O) groups is 3. The molecule has 1 aliphatic rings. The SMILES string of the molecule is CC1=CC(c2cccc([N+](=O)[O-])c2)N(C(N)=O)C(=O)N1C(=O)OC(C)C. The summed E-state index contributed by atoms with van der Waals surface area (Å²) in [5.74, 6) is 0. The van der Waals surface area contributed by atoms with Gasteiger partial charge in [-0.05, 0) is 32.4 Å². The van der Waals surface area contributed by atoms with Gasteiger partial charge in [0.2, 0.25) is 0 Å². The fourth-order valence-corrected chi connectivity index (χ4v) is 2.53. The Morgan fingerprint density at radius 2 is 2.00 bits per heavy atom. The lowest BCUT2D eigenvalue weighted by Crippen LogP contribution is -2.54. The summed E-state index contributed by atoms with van der Waals surface area (Å²) in [5, 5.41) is 11.0.